The minimum absolute atomic E-state index is 0.165. The summed E-state index contributed by atoms with van der Waals surface area (Å²) in [6.07, 6.45) is 6.64. The van der Waals surface area contributed by atoms with E-state index in [1.165, 1.54) is 19.1 Å². The number of ether oxygens (including phenoxy) is 1. The first kappa shape index (κ1) is 12.9. The van der Waals surface area contributed by atoms with E-state index in [4.69, 9.17) is 4.74 Å². The lowest BCUT2D eigenvalue weighted by Gasteiger charge is -2.32. The third-order valence-electron chi connectivity index (χ3n) is 3.88. The van der Waals surface area contributed by atoms with Gasteiger partial charge in [0, 0.05) is 0 Å². The molecule has 0 fully saturated rings. The summed E-state index contributed by atoms with van der Waals surface area (Å²) in [6, 6.07) is 9.93. The molecule has 1 aromatic rings. The maximum absolute atomic E-state index is 12.3. The molecule has 0 N–H and O–H groups in total. The Bertz CT molecular complexity index is 447. The fourth-order valence-corrected chi connectivity index (χ4v) is 2.70. The molecular formula is C16H20O2. The number of hydrogen-bond donors (Lipinski definition) is 0. The zero-order valence-corrected chi connectivity index (χ0v) is 11.1. The lowest BCUT2D eigenvalue weighted by Crippen LogP contribution is -2.36. The number of hydrogen-bond acceptors (Lipinski definition) is 2. The summed E-state index contributed by atoms with van der Waals surface area (Å²) in [5, 5.41) is 0. The summed E-state index contributed by atoms with van der Waals surface area (Å²) in [6.45, 7) is 1.98. The second kappa shape index (κ2) is 5.38. The maximum Gasteiger partial charge on any atom is 0.320 e. The van der Waals surface area contributed by atoms with Gasteiger partial charge < -0.3 is 4.74 Å². The summed E-state index contributed by atoms with van der Waals surface area (Å²) >= 11 is 0. The molecule has 0 aliphatic heterocycles. The first-order chi connectivity index (χ1) is 8.69. The lowest BCUT2D eigenvalue weighted by atomic mass is 9.72. The largest absolute Gasteiger partial charge is 0.468 e. The molecule has 1 aliphatic rings. The Morgan fingerprint density at radius 1 is 1.22 bits per heavy atom. The van der Waals surface area contributed by atoms with Gasteiger partial charge in [-0.25, -0.2) is 0 Å². The molecule has 96 valence electrons. The average Bonchev–Trinajstić information content (AvgIpc) is 2.47. The molecule has 0 radical (unpaired) electrons. The van der Waals surface area contributed by atoms with E-state index in [1.54, 1.807) is 0 Å². The van der Waals surface area contributed by atoms with Crippen molar-refractivity contribution < 1.29 is 9.53 Å². The Hall–Kier alpha value is -1.57. The van der Waals surface area contributed by atoms with Crippen LogP contribution in [0.5, 0.6) is 0 Å². The quantitative estimate of drug-likeness (QED) is 0.599. The minimum atomic E-state index is -0.629. The van der Waals surface area contributed by atoms with Crippen LogP contribution in [0.4, 0.5) is 0 Å². The highest BCUT2D eigenvalue weighted by atomic mass is 16.5. The van der Waals surface area contributed by atoms with E-state index in [1.807, 2.05) is 37.3 Å². The first-order valence-corrected chi connectivity index (χ1v) is 6.53. The molecule has 2 rings (SSSR count). The van der Waals surface area contributed by atoms with Crippen molar-refractivity contribution in [2.75, 3.05) is 7.11 Å². The third kappa shape index (κ3) is 2.20. The van der Waals surface area contributed by atoms with Crippen LogP contribution < -0.4 is 0 Å². The zero-order valence-electron chi connectivity index (χ0n) is 11.1. The van der Waals surface area contributed by atoms with Crippen LogP contribution in [0, 0.1) is 0 Å². The smallest absolute Gasteiger partial charge is 0.320 e. The molecule has 0 heterocycles. The number of allylic oxidation sites excluding steroid dienone is 1. The van der Waals surface area contributed by atoms with E-state index >= 15 is 0 Å². The van der Waals surface area contributed by atoms with E-state index in [9.17, 15) is 4.79 Å². The molecule has 0 spiro atoms. The van der Waals surface area contributed by atoms with Gasteiger partial charge in [-0.3, -0.25) is 4.79 Å². The van der Waals surface area contributed by atoms with Gasteiger partial charge in [-0.2, -0.15) is 0 Å². The van der Waals surface area contributed by atoms with Crippen molar-refractivity contribution in [3.05, 3.63) is 47.5 Å². The van der Waals surface area contributed by atoms with Gasteiger partial charge in [0.15, 0.2) is 0 Å². The second-order valence-corrected chi connectivity index (χ2v) is 4.96. The number of carbonyl (C=O) groups excluding carboxylic acids is 1. The van der Waals surface area contributed by atoms with Gasteiger partial charge in [-0.1, -0.05) is 42.0 Å². The highest BCUT2D eigenvalue weighted by molar-refractivity contribution is 5.86. The molecule has 0 saturated carbocycles. The van der Waals surface area contributed by atoms with Gasteiger partial charge in [-0.05, 0) is 38.2 Å². The van der Waals surface area contributed by atoms with Crippen molar-refractivity contribution in [3.63, 3.8) is 0 Å². The number of benzene rings is 1. The summed E-state index contributed by atoms with van der Waals surface area (Å²) in [4.78, 5) is 12.3. The van der Waals surface area contributed by atoms with Gasteiger partial charge in [-0.15, -0.1) is 0 Å². The summed E-state index contributed by atoms with van der Waals surface area (Å²) in [5.41, 5.74) is 1.59. The molecule has 0 bridgehead atoms. The van der Waals surface area contributed by atoms with Gasteiger partial charge in [0.25, 0.3) is 0 Å². The lowest BCUT2D eigenvalue weighted by molar-refractivity contribution is -0.145. The molecule has 2 heteroatoms. The van der Waals surface area contributed by atoms with Crippen LogP contribution in [-0.4, -0.2) is 13.1 Å². The molecule has 1 unspecified atom stereocenters. The van der Waals surface area contributed by atoms with E-state index < -0.39 is 5.41 Å². The molecule has 0 aromatic heterocycles. The van der Waals surface area contributed by atoms with E-state index in [2.05, 4.69) is 6.08 Å². The molecule has 0 saturated heterocycles. The maximum atomic E-state index is 12.3. The molecule has 1 aromatic carbocycles. The number of methoxy groups -OCH3 is 1. The topological polar surface area (TPSA) is 26.3 Å². The number of rotatable bonds is 3. The SMILES string of the molecule is COC(=O)C(C)(C1=CCCCC1)c1ccccc1. The standard InChI is InChI=1S/C16H20O2/c1-16(15(17)18-2,13-9-5-3-6-10-13)14-11-7-4-8-12-14/h3,5-6,9-11H,4,7-8,12H2,1-2H3. The molecule has 2 nitrogen and oxygen atoms in total. The molecule has 1 aliphatic carbocycles. The third-order valence-corrected chi connectivity index (χ3v) is 3.88. The van der Waals surface area contributed by atoms with Crippen LogP contribution in [0.2, 0.25) is 0 Å². The van der Waals surface area contributed by atoms with Gasteiger partial charge >= 0.3 is 5.97 Å². The minimum Gasteiger partial charge on any atom is -0.468 e. The van der Waals surface area contributed by atoms with Crippen LogP contribution in [0.25, 0.3) is 0 Å². The average molecular weight is 244 g/mol. The van der Waals surface area contributed by atoms with Crippen LogP contribution in [0.1, 0.15) is 38.2 Å². The second-order valence-electron chi connectivity index (χ2n) is 4.96. The van der Waals surface area contributed by atoms with Gasteiger partial charge in [0.05, 0.1) is 7.11 Å². The highest BCUT2D eigenvalue weighted by Crippen LogP contribution is 2.38. The highest BCUT2D eigenvalue weighted by Gasteiger charge is 2.39. The first-order valence-electron chi connectivity index (χ1n) is 6.53. The van der Waals surface area contributed by atoms with Crippen molar-refractivity contribution in [3.8, 4) is 0 Å². The van der Waals surface area contributed by atoms with E-state index in [-0.39, 0.29) is 5.97 Å². The molecule has 0 amide bonds. The van der Waals surface area contributed by atoms with Crippen molar-refractivity contribution in [1.29, 1.82) is 0 Å². The van der Waals surface area contributed by atoms with Crippen LogP contribution in [0.15, 0.2) is 42.0 Å². The summed E-state index contributed by atoms with van der Waals surface area (Å²) in [7, 11) is 1.47. The zero-order chi connectivity index (χ0) is 13.0. The normalized spacial score (nSPS) is 18.7. The van der Waals surface area contributed by atoms with E-state index in [0.717, 1.165) is 24.8 Å². The Balaban J connectivity index is 2.47. The Morgan fingerprint density at radius 2 is 1.94 bits per heavy atom. The Morgan fingerprint density at radius 3 is 2.50 bits per heavy atom. The Kier molecular flexibility index (Phi) is 3.85. The van der Waals surface area contributed by atoms with Crippen molar-refractivity contribution >= 4 is 5.97 Å². The van der Waals surface area contributed by atoms with Crippen molar-refractivity contribution in [2.24, 2.45) is 0 Å². The predicted octanol–water partition coefficient (Wildman–Crippen LogP) is 3.62. The number of esters is 1. The van der Waals surface area contributed by atoms with Crippen LogP contribution >= 0.6 is 0 Å². The van der Waals surface area contributed by atoms with Gasteiger partial charge in [0.1, 0.15) is 5.41 Å². The fourth-order valence-electron chi connectivity index (χ4n) is 2.70. The number of carbonyl (C=O) groups is 1. The summed E-state index contributed by atoms with van der Waals surface area (Å²) in [5.74, 6) is -0.165. The van der Waals surface area contributed by atoms with Crippen molar-refractivity contribution in [2.45, 2.75) is 38.0 Å². The van der Waals surface area contributed by atoms with Crippen molar-refractivity contribution in [1.82, 2.24) is 0 Å². The molecule has 1 atom stereocenters. The van der Waals surface area contributed by atoms with Crippen LogP contribution in [0.3, 0.4) is 0 Å². The van der Waals surface area contributed by atoms with Crippen LogP contribution in [-0.2, 0) is 14.9 Å². The van der Waals surface area contributed by atoms with Gasteiger partial charge in [0.2, 0.25) is 0 Å². The predicted molar refractivity (Wildman–Crippen MR) is 72.4 cm³/mol. The molecular weight excluding hydrogens is 224 g/mol. The fraction of sp³-hybridized carbons (Fsp3) is 0.438. The monoisotopic (exact) mass is 244 g/mol. The summed E-state index contributed by atoms with van der Waals surface area (Å²) < 4.78 is 5.04. The Labute approximate surface area is 109 Å². The molecule has 18 heavy (non-hydrogen) atoms. The van der Waals surface area contributed by atoms with E-state index in [0.29, 0.717) is 0 Å².